The van der Waals surface area contributed by atoms with Crippen molar-refractivity contribution in [1.82, 2.24) is 0 Å². The Hall–Kier alpha value is -1.18. The fraction of sp³-hybridized carbons (Fsp3) is 0.250. The van der Waals surface area contributed by atoms with Gasteiger partial charge in [0.2, 0.25) is 0 Å². The van der Waals surface area contributed by atoms with Gasteiger partial charge in [0.1, 0.15) is 5.75 Å². The number of ether oxygens (including phenoxy) is 1. The highest BCUT2D eigenvalue weighted by Gasteiger charge is 2.18. The Morgan fingerprint density at radius 3 is 2.53 bits per heavy atom. The van der Waals surface area contributed by atoms with Crippen molar-refractivity contribution in [3.05, 3.63) is 64.2 Å². The molecule has 3 heteroatoms. The Labute approximate surface area is 124 Å². The van der Waals surface area contributed by atoms with Crippen LogP contribution < -0.4 is 4.74 Å². The minimum absolute atomic E-state index is 0.259. The van der Waals surface area contributed by atoms with Crippen LogP contribution in [0.1, 0.15) is 29.0 Å². The average Bonchev–Trinajstić information content (AvgIpc) is 2.46. The van der Waals surface area contributed by atoms with Gasteiger partial charge in [-0.2, -0.15) is 0 Å². The molecule has 0 saturated heterocycles. The second-order valence-corrected chi connectivity index (χ2v) is 5.17. The molecule has 0 amide bonds. The zero-order valence-electron chi connectivity index (χ0n) is 11.0. The SMILES string of the molecule is CCc1ccccc1C(Cl)c1cc(Cl)ccc1OC. The second-order valence-electron chi connectivity index (χ2n) is 4.30. The number of rotatable bonds is 4. The number of hydrogen-bond acceptors (Lipinski definition) is 1. The van der Waals surface area contributed by atoms with E-state index < -0.39 is 0 Å². The summed E-state index contributed by atoms with van der Waals surface area (Å²) < 4.78 is 5.37. The molecule has 0 radical (unpaired) electrons. The number of aryl methyl sites for hydroxylation is 1. The Kier molecular flexibility index (Phi) is 4.73. The lowest BCUT2D eigenvalue weighted by Crippen LogP contribution is -2.01. The molecule has 0 aliphatic heterocycles. The maximum atomic E-state index is 6.63. The van der Waals surface area contributed by atoms with Gasteiger partial charge in [-0.1, -0.05) is 42.8 Å². The zero-order chi connectivity index (χ0) is 13.8. The summed E-state index contributed by atoms with van der Waals surface area (Å²) in [6, 6.07) is 13.7. The molecule has 19 heavy (non-hydrogen) atoms. The number of methoxy groups -OCH3 is 1. The molecule has 2 rings (SSSR count). The van der Waals surface area contributed by atoms with Crippen LogP contribution in [0.15, 0.2) is 42.5 Å². The summed E-state index contributed by atoms with van der Waals surface area (Å²) in [7, 11) is 1.64. The molecule has 0 aliphatic rings. The predicted octanol–water partition coefficient (Wildman–Crippen LogP) is 5.24. The molecule has 0 N–H and O–H groups in total. The molecule has 2 aromatic rings. The van der Waals surface area contributed by atoms with Crippen LogP contribution in [0.2, 0.25) is 5.02 Å². The lowest BCUT2D eigenvalue weighted by Gasteiger charge is -2.17. The van der Waals surface area contributed by atoms with E-state index in [4.69, 9.17) is 27.9 Å². The largest absolute Gasteiger partial charge is 0.496 e. The van der Waals surface area contributed by atoms with E-state index in [1.807, 2.05) is 24.3 Å². The van der Waals surface area contributed by atoms with E-state index in [9.17, 15) is 0 Å². The van der Waals surface area contributed by atoms with Crippen LogP contribution in [0, 0.1) is 0 Å². The fourth-order valence-electron chi connectivity index (χ4n) is 2.17. The Morgan fingerprint density at radius 2 is 1.84 bits per heavy atom. The van der Waals surface area contributed by atoms with Gasteiger partial charge in [-0.05, 0) is 35.7 Å². The van der Waals surface area contributed by atoms with Gasteiger partial charge < -0.3 is 4.74 Å². The number of hydrogen-bond donors (Lipinski definition) is 0. The van der Waals surface area contributed by atoms with Crippen molar-refractivity contribution in [2.45, 2.75) is 18.7 Å². The van der Waals surface area contributed by atoms with Gasteiger partial charge in [0, 0.05) is 10.6 Å². The summed E-state index contributed by atoms with van der Waals surface area (Å²) in [5, 5.41) is 0.403. The molecular formula is C16H16Cl2O. The summed E-state index contributed by atoms with van der Waals surface area (Å²) in [6.07, 6.45) is 0.947. The standard InChI is InChI=1S/C16H16Cl2O/c1-3-11-6-4-5-7-13(11)16(18)14-10-12(17)8-9-15(14)19-2/h4-10,16H,3H2,1-2H3. The maximum Gasteiger partial charge on any atom is 0.123 e. The second kappa shape index (κ2) is 6.31. The number of alkyl halides is 1. The first-order valence-electron chi connectivity index (χ1n) is 6.22. The van der Waals surface area contributed by atoms with Crippen molar-refractivity contribution < 1.29 is 4.74 Å². The van der Waals surface area contributed by atoms with Gasteiger partial charge in [-0.25, -0.2) is 0 Å². The molecule has 100 valence electrons. The van der Waals surface area contributed by atoms with E-state index in [2.05, 4.69) is 19.1 Å². The van der Waals surface area contributed by atoms with Crippen LogP contribution in [0.5, 0.6) is 5.75 Å². The third-order valence-corrected chi connectivity index (χ3v) is 3.88. The van der Waals surface area contributed by atoms with Crippen molar-refractivity contribution in [2.24, 2.45) is 0 Å². The first-order chi connectivity index (χ1) is 9.17. The first kappa shape index (κ1) is 14.2. The minimum atomic E-state index is -0.259. The van der Waals surface area contributed by atoms with Crippen LogP contribution in [-0.2, 0) is 6.42 Å². The maximum absolute atomic E-state index is 6.63. The first-order valence-corrected chi connectivity index (χ1v) is 7.04. The van der Waals surface area contributed by atoms with Crippen LogP contribution >= 0.6 is 23.2 Å². The van der Waals surface area contributed by atoms with Gasteiger partial charge in [0.15, 0.2) is 0 Å². The summed E-state index contributed by atoms with van der Waals surface area (Å²) in [4.78, 5) is 0. The van der Waals surface area contributed by atoms with E-state index in [0.717, 1.165) is 23.3 Å². The number of benzene rings is 2. The smallest absolute Gasteiger partial charge is 0.123 e. The van der Waals surface area contributed by atoms with E-state index in [0.29, 0.717) is 5.02 Å². The van der Waals surface area contributed by atoms with Gasteiger partial charge in [0.25, 0.3) is 0 Å². The Bertz CT molecular complexity index is 566. The monoisotopic (exact) mass is 294 g/mol. The lowest BCUT2D eigenvalue weighted by molar-refractivity contribution is 0.410. The Morgan fingerprint density at radius 1 is 1.11 bits per heavy atom. The van der Waals surface area contributed by atoms with Crippen molar-refractivity contribution >= 4 is 23.2 Å². The van der Waals surface area contributed by atoms with E-state index >= 15 is 0 Å². The Balaban J connectivity index is 2.49. The van der Waals surface area contributed by atoms with Gasteiger partial charge in [0.05, 0.1) is 12.5 Å². The molecular weight excluding hydrogens is 279 g/mol. The third kappa shape index (κ3) is 3.05. The molecule has 1 nitrogen and oxygen atoms in total. The van der Waals surface area contributed by atoms with Gasteiger partial charge in [-0.15, -0.1) is 11.6 Å². The number of halogens is 2. The van der Waals surface area contributed by atoms with Crippen LogP contribution in [0.25, 0.3) is 0 Å². The lowest BCUT2D eigenvalue weighted by atomic mass is 9.97. The predicted molar refractivity (Wildman–Crippen MR) is 81.5 cm³/mol. The van der Waals surface area contributed by atoms with Gasteiger partial charge in [-0.3, -0.25) is 0 Å². The topological polar surface area (TPSA) is 9.23 Å². The van der Waals surface area contributed by atoms with Crippen molar-refractivity contribution in [3.8, 4) is 5.75 Å². The van der Waals surface area contributed by atoms with E-state index in [1.54, 1.807) is 13.2 Å². The van der Waals surface area contributed by atoms with Gasteiger partial charge >= 0.3 is 0 Å². The molecule has 0 heterocycles. The highest BCUT2D eigenvalue weighted by Crippen LogP contribution is 2.38. The third-order valence-electron chi connectivity index (χ3n) is 3.17. The molecule has 1 unspecified atom stereocenters. The zero-order valence-corrected chi connectivity index (χ0v) is 12.5. The molecule has 0 saturated carbocycles. The fourth-order valence-corrected chi connectivity index (χ4v) is 2.74. The van der Waals surface area contributed by atoms with Crippen molar-refractivity contribution in [3.63, 3.8) is 0 Å². The molecule has 0 bridgehead atoms. The summed E-state index contributed by atoms with van der Waals surface area (Å²) in [5.74, 6) is 0.760. The molecule has 0 aliphatic carbocycles. The minimum Gasteiger partial charge on any atom is -0.496 e. The van der Waals surface area contributed by atoms with Crippen LogP contribution in [0.4, 0.5) is 0 Å². The molecule has 0 spiro atoms. The summed E-state index contributed by atoms with van der Waals surface area (Å²) >= 11 is 12.7. The van der Waals surface area contributed by atoms with Crippen molar-refractivity contribution in [2.75, 3.05) is 7.11 Å². The summed E-state index contributed by atoms with van der Waals surface area (Å²) in [5.41, 5.74) is 3.24. The van der Waals surface area contributed by atoms with E-state index in [-0.39, 0.29) is 5.38 Å². The molecule has 2 aromatic carbocycles. The molecule has 0 fully saturated rings. The van der Waals surface area contributed by atoms with E-state index in [1.165, 1.54) is 5.56 Å². The highest BCUT2D eigenvalue weighted by molar-refractivity contribution is 6.31. The molecule has 0 aromatic heterocycles. The average molecular weight is 295 g/mol. The summed E-state index contributed by atoms with van der Waals surface area (Å²) in [6.45, 7) is 2.12. The van der Waals surface area contributed by atoms with Crippen LogP contribution in [-0.4, -0.2) is 7.11 Å². The quantitative estimate of drug-likeness (QED) is 0.701. The highest BCUT2D eigenvalue weighted by atomic mass is 35.5. The van der Waals surface area contributed by atoms with Crippen LogP contribution in [0.3, 0.4) is 0 Å². The normalized spacial score (nSPS) is 12.2. The van der Waals surface area contributed by atoms with Crippen molar-refractivity contribution in [1.29, 1.82) is 0 Å². The molecule has 1 atom stereocenters.